The Hall–Kier alpha value is -2.61. The predicted molar refractivity (Wildman–Crippen MR) is 95.5 cm³/mol. The first-order valence-electron chi connectivity index (χ1n) is 7.81. The lowest BCUT2D eigenvalue weighted by Gasteiger charge is -2.22. The van der Waals surface area contributed by atoms with Gasteiger partial charge in [0, 0.05) is 17.3 Å². The Balaban J connectivity index is 2.28. The van der Waals surface area contributed by atoms with E-state index in [2.05, 4.69) is 31.8 Å². The summed E-state index contributed by atoms with van der Waals surface area (Å²) in [6.07, 6.45) is 1.75. The van der Waals surface area contributed by atoms with E-state index in [1.54, 1.807) is 6.20 Å². The first-order chi connectivity index (χ1) is 11.0. The molecule has 0 aliphatic carbocycles. The van der Waals surface area contributed by atoms with Gasteiger partial charge in [0.2, 0.25) is 0 Å². The molecule has 0 fully saturated rings. The Morgan fingerprint density at radius 2 is 1.48 bits per heavy atom. The minimum atomic E-state index is -0.0131. The topological polar surface area (TPSA) is 33.1 Å². The standard InChI is InChI=1S/C21H21NO/c1-21(2,3)16-13-17(15-9-5-4-6-10-15)20(23)18(14-16)19-11-7-8-12-22-19/h4-14,23H,1-3H3. The zero-order valence-electron chi connectivity index (χ0n) is 13.7. The van der Waals surface area contributed by atoms with E-state index in [1.165, 1.54) is 5.56 Å². The quantitative estimate of drug-likeness (QED) is 0.686. The van der Waals surface area contributed by atoms with Gasteiger partial charge in [-0.25, -0.2) is 0 Å². The monoisotopic (exact) mass is 303 g/mol. The van der Waals surface area contributed by atoms with E-state index in [9.17, 15) is 5.11 Å². The summed E-state index contributed by atoms with van der Waals surface area (Å²) in [4.78, 5) is 4.41. The second-order valence-corrected chi connectivity index (χ2v) is 6.75. The highest BCUT2D eigenvalue weighted by Crippen LogP contribution is 2.41. The largest absolute Gasteiger partial charge is 0.507 e. The van der Waals surface area contributed by atoms with Crippen LogP contribution in [0.15, 0.2) is 66.9 Å². The number of aromatic nitrogens is 1. The van der Waals surface area contributed by atoms with Gasteiger partial charge in [-0.15, -0.1) is 0 Å². The lowest BCUT2D eigenvalue weighted by Crippen LogP contribution is -2.11. The zero-order valence-corrected chi connectivity index (χ0v) is 13.7. The molecule has 3 rings (SSSR count). The fourth-order valence-corrected chi connectivity index (χ4v) is 2.62. The maximum absolute atomic E-state index is 10.8. The van der Waals surface area contributed by atoms with Gasteiger partial charge in [-0.05, 0) is 40.8 Å². The number of aromatic hydroxyl groups is 1. The van der Waals surface area contributed by atoms with Crippen molar-refractivity contribution in [3.8, 4) is 28.1 Å². The van der Waals surface area contributed by atoms with E-state index in [-0.39, 0.29) is 11.2 Å². The van der Waals surface area contributed by atoms with E-state index in [1.807, 2.05) is 54.6 Å². The Morgan fingerprint density at radius 1 is 0.826 bits per heavy atom. The lowest BCUT2D eigenvalue weighted by atomic mass is 9.83. The van der Waals surface area contributed by atoms with Crippen LogP contribution in [0, 0.1) is 0 Å². The van der Waals surface area contributed by atoms with Crippen LogP contribution in [0.3, 0.4) is 0 Å². The Morgan fingerprint density at radius 3 is 2.09 bits per heavy atom. The Bertz CT molecular complexity index is 742. The molecule has 2 nitrogen and oxygen atoms in total. The van der Waals surface area contributed by atoms with Gasteiger partial charge in [-0.3, -0.25) is 4.98 Å². The van der Waals surface area contributed by atoms with E-state index in [0.717, 1.165) is 22.4 Å². The summed E-state index contributed by atoms with van der Waals surface area (Å²) < 4.78 is 0. The summed E-state index contributed by atoms with van der Waals surface area (Å²) in [5, 5.41) is 10.8. The summed E-state index contributed by atoms with van der Waals surface area (Å²) >= 11 is 0. The first kappa shape index (κ1) is 15.3. The molecule has 1 N–H and O–H groups in total. The molecule has 0 radical (unpaired) electrons. The molecule has 0 unspecified atom stereocenters. The maximum atomic E-state index is 10.8. The molecule has 3 aromatic rings. The van der Waals surface area contributed by atoms with Crippen molar-refractivity contribution in [2.45, 2.75) is 26.2 Å². The van der Waals surface area contributed by atoms with Gasteiger partial charge in [-0.2, -0.15) is 0 Å². The van der Waals surface area contributed by atoms with Crippen LogP contribution in [0.1, 0.15) is 26.3 Å². The molecule has 0 bridgehead atoms. The van der Waals surface area contributed by atoms with E-state index in [0.29, 0.717) is 0 Å². The van der Waals surface area contributed by atoms with Crippen LogP contribution in [0.2, 0.25) is 0 Å². The highest BCUT2D eigenvalue weighted by atomic mass is 16.3. The smallest absolute Gasteiger partial charge is 0.132 e. The second-order valence-electron chi connectivity index (χ2n) is 6.75. The molecule has 2 heteroatoms. The Labute approximate surface area is 137 Å². The van der Waals surface area contributed by atoms with Crippen molar-refractivity contribution in [1.82, 2.24) is 4.98 Å². The Kier molecular flexibility index (Phi) is 3.91. The number of phenolic OH excluding ortho intramolecular Hbond substituents is 1. The van der Waals surface area contributed by atoms with Crippen LogP contribution in [0.5, 0.6) is 5.75 Å². The molecule has 0 amide bonds. The number of phenols is 1. The van der Waals surface area contributed by atoms with Crippen molar-refractivity contribution in [3.05, 3.63) is 72.4 Å². The van der Waals surface area contributed by atoms with Crippen LogP contribution in [-0.4, -0.2) is 10.1 Å². The minimum absolute atomic E-state index is 0.0131. The molecule has 1 heterocycles. The number of benzene rings is 2. The molecule has 0 saturated carbocycles. The van der Waals surface area contributed by atoms with Crippen LogP contribution in [0.25, 0.3) is 22.4 Å². The normalized spacial score (nSPS) is 11.4. The van der Waals surface area contributed by atoms with Crippen LogP contribution < -0.4 is 0 Å². The van der Waals surface area contributed by atoms with Crippen molar-refractivity contribution in [3.63, 3.8) is 0 Å². The summed E-state index contributed by atoms with van der Waals surface area (Å²) in [6, 6.07) is 19.9. The number of hydrogen-bond donors (Lipinski definition) is 1. The van der Waals surface area contributed by atoms with Gasteiger partial charge < -0.3 is 5.11 Å². The van der Waals surface area contributed by atoms with Crippen LogP contribution in [-0.2, 0) is 5.41 Å². The molecule has 0 aliphatic heterocycles. The molecule has 0 saturated heterocycles. The predicted octanol–water partition coefficient (Wildman–Crippen LogP) is 5.42. The molecule has 2 aromatic carbocycles. The van der Waals surface area contributed by atoms with Gasteiger partial charge >= 0.3 is 0 Å². The average molecular weight is 303 g/mol. The number of hydrogen-bond acceptors (Lipinski definition) is 2. The maximum Gasteiger partial charge on any atom is 0.132 e. The molecule has 0 spiro atoms. The third-order valence-corrected chi connectivity index (χ3v) is 4.00. The highest BCUT2D eigenvalue weighted by Gasteiger charge is 2.20. The first-order valence-corrected chi connectivity index (χ1v) is 7.81. The van der Waals surface area contributed by atoms with Gasteiger partial charge in [0.25, 0.3) is 0 Å². The lowest BCUT2D eigenvalue weighted by molar-refractivity contribution is 0.478. The number of rotatable bonds is 2. The van der Waals surface area contributed by atoms with Crippen molar-refractivity contribution < 1.29 is 5.11 Å². The average Bonchev–Trinajstić information content (AvgIpc) is 2.55. The molecular weight excluding hydrogens is 282 g/mol. The summed E-state index contributed by atoms with van der Waals surface area (Å²) in [7, 11) is 0. The fraction of sp³-hybridized carbons (Fsp3) is 0.190. The van der Waals surface area contributed by atoms with Gasteiger partial charge in [-0.1, -0.05) is 57.2 Å². The molecule has 0 aliphatic rings. The van der Waals surface area contributed by atoms with Crippen LogP contribution >= 0.6 is 0 Å². The van der Waals surface area contributed by atoms with Crippen molar-refractivity contribution in [2.24, 2.45) is 0 Å². The van der Waals surface area contributed by atoms with Crippen molar-refractivity contribution in [2.75, 3.05) is 0 Å². The number of pyridine rings is 1. The van der Waals surface area contributed by atoms with Crippen molar-refractivity contribution in [1.29, 1.82) is 0 Å². The third-order valence-electron chi connectivity index (χ3n) is 4.00. The van der Waals surface area contributed by atoms with Crippen LogP contribution in [0.4, 0.5) is 0 Å². The SMILES string of the molecule is CC(C)(C)c1cc(-c2ccccc2)c(O)c(-c2ccccn2)c1. The van der Waals surface area contributed by atoms with Crippen molar-refractivity contribution >= 4 is 0 Å². The van der Waals surface area contributed by atoms with E-state index < -0.39 is 0 Å². The molecule has 116 valence electrons. The summed E-state index contributed by atoms with van der Waals surface area (Å²) in [5.41, 5.74) is 4.58. The van der Waals surface area contributed by atoms with E-state index >= 15 is 0 Å². The number of nitrogens with zero attached hydrogens (tertiary/aromatic N) is 1. The zero-order chi connectivity index (χ0) is 16.4. The molecule has 1 aromatic heterocycles. The van der Waals surface area contributed by atoms with Gasteiger partial charge in [0.1, 0.15) is 5.75 Å². The summed E-state index contributed by atoms with van der Waals surface area (Å²) in [6.45, 7) is 6.53. The van der Waals surface area contributed by atoms with E-state index in [4.69, 9.17) is 0 Å². The molecular formula is C21H21NO. The second kappa shape index (κ2) is 5.88. The highest BCUT2D eigenvalue weighted by molar-refractivity contribution is 5.81. The fourth-order valence-electron chi connectivity index (χ4n) is 2.62. The van der Waals surface area contributed by atoms with Gasteiger partial charge in [0.05, 0.1) is 5.69 Å². The molecule has 23 heavy (non-hydrogen) atoms. The molecule has 0 atom stereocenters. The van der Waals surface area contributed by atoms with Gasteiger partial charge in [0.15, 0.2) is 0 Å². The summed E-state index contributed by atoms with van der Waals surface area (Å²) in [5.74, 6) is 0.280. The third kappa shape index (κ3) is 3.11. The minimum Gasteiger partial charge on any atom is -0.507 e.